The number of imidazole rings is 1. The van der Waals surface area contributed by atoms with Gasteiger partial charge in [-0.3, -0.25) is 19.0 Å². The molecule has 1 aromatic heterocycles. The SMILES string of the molecule is CC(=O)c1ccc(NC(=O)CSc2nccn2-c2cccc(C(=O)NCc3ccccc3)c2)cc1. The molecule has 4 aromatic rings. The molecule has 0 atom stereocenters. The highest BCUT2D eigenvalue weighted by molar-refractivity contribution is 7.99. The van der Waals surface area contributed by atoms with Crippen molar-refractivity contribution in [2.24, 2.45) is 0 Å². The van der Waals surface area contributed by atoms with Gasteiger partial charge in [0.25, 0.3) is 5.91 Å². The Bertz CT molecular complexity index is 1330. The number of anilines is 1. The van der Waals surface area contributed by atoms with E-state index in [1.807, 2.05) is 47.0 Å². The summed E-state index contributed by atoms with van der Waals surface area (Å²) in [5.41, 5.74) is 3.55. The molecule has 3 aromatic carbocycles. The van der Waals surface area contributed by atoms with E-state index in [9.17, 15) is 14.4 Å². The number of benzene rings is 3. The number of nitrogens with zero attached hydrogens (tertiary/aromatic N) is 2. The molecule has 4 rings (SSSR count). The Morgan fingerprint density at radius 3 is 2.43 bits per heavy atom. The number of carbonyl (C=O) groups excluding carboxylic acids is 3. The molecule has 2 N–H and O–H groups in total. The van der Waals surface area contributed by atoms with Crippen molar-refractivity contribution in [1.82, 2.24) is 14.9 Å². The van der Waals surface area contributed by atoms with Crippen LogP contribution in [0.3, 0.4) is 0 Å². The molecule has 0 aliphatic carbocycles. The van der Waals surface area contributed by atoms with E-state index in [2.05, 4.69) is 15.6 Å². The average Bonchev–Trinajstić information content (AvgIpc) is 3.36. The summed E-state index contributed by atoms with van der Waals surface area (Å²) < 4.78 is 1.84. The molecular weight excluding hydrogens is 460 g/mol. The van der Waals surface area contributed by atoms with Crippen molar-refractivity contribution in [3.8, 4) is 5.69 Å². The van der Waals surface area contributed by atoms with Gasteiger partial charge in [-0.2, -0.15) is 0 Å². The number of rotatable bonds is 9. The summed E-state index contributed by atoms with van der Waals surface area (Å²) in [6, 6.07) is 23.8. The fourth-order valence-corrected chi connectivity index (χ4v) is 4.16. The van der Waals surface area contributed by atoms with Crippen molar-refractivity contribution in [2.45, 2.75) is 18.6 Å². The summed E-state index contributed by atoms with van der Waals surface area (Å²) in [7, 11) is 0. The summed E-state index contributed by atoms with van der Waals surface area (Å²) in [5.74, 6) is -0.222. The molecule has 0 unspecified atom stereocenters. The quantitative estimate of drug-likeness (QED) is 0.265. The fourth-order valence-electron chi connectivity index (χ4n) is 3.39. The van der Waals surface area contributed by atoms with Gasteiger partial charge in [-0.15, -0.1) is 0 Å². The molecule has 0 saturated heterocycles. The predicted octanol–water partition coefficient (Wildman–Crippen LogP) is 4.74. The molecular formula is C27H24N4O3S. The summed E-state index contributed by atoms with van der Waals surface area (Å²) in [5, 5.41) is 6.39. The minimum absolute atomic E-state index is 0.0250. The molecule has 0 bridgehead atoms. The predicted molar refractivity (Wildman–Crippen MR) is 137 cm³/mol. The number of carbonyl (C=O) groups is 3. The number of Topliss-reactive ketones (excluding diaryl/α,β-unsaturated/α-hetero) is 1. The normalized spacial score (nSPS) is 10.5. The molecule has 0 saturated carbocycles. The lowest BCUT2D eigenvalue weighted by atomic mass is 10.1. The molecule has 0 aliphatic heterocycles. The van der Waals surface area contributed by atoms with Crippen LogP contribution in [0.5, 0.6) is 0 Å². The number of hydrogen-bond donors (Lipinski definition) is 2. The van der Waals surface area contributed by atoms with Crippen LogP contribution >= 0.6 is 11.8 Å². The average molecular weight is 485 g/mol. The molecule has 0 radical (unpaired) electrons. The van der Waals surface area contributed by atoms with Crippen LogP contribution < -0.4 is 10.6 Å². The summed E-state index contributed by atoms with van der Waals surface area (Å²) in [6.07, 6.45) is 3.45. The Balaban J connectivity index is 1.37. The summed E-state index contributed by atoms with van der Waals surface area (Å²) in [4.78, 5) is 40.8. The van der Waals surface area contributed by atoms with Crippen LogP contribution in [0.25, 0.3) is 5.69 Å². The Hall–Kier alpha value is -4.17. The molecule has 0 spiro atoms. The smallest absolute Gasteiger partial charge is 0.251 e. The van der Waals surface area contributed by atoms with E-state index in [0.717, 1.165) is 11.3 Å². The number of hydrogen-bond acceptors (Lipinski definition) is 5. The summed E-state index contributed by atoms with van der Waals surface area (Å²) >= 11 is 1.29. The third-order valence-corrected chi connectivity index (χ3v) is 6.16. The van der Waals surface area contributed by atoms with Crippen molar-refractivity contribution >= 4 is 35.0 Å². The van der Waals surface area contributed by atoms with Gasteiger partial charge >= 0.3 is 0 Å². The lowest BCUT2D eigenvalue weighted by Gasteiger charge is -2.10. The first-order valence-electron chi connectivity index (χ1n) is 11.0. The number of ketones is 1. The van der Waals surface area contributed by atoms with E-state index in [1.165, 1.54) is 18.7 Å². The molecule has 0 aliphatic rings. The Morgan fingerprint density at radius 2 is 1.69 bits per heavy atom. The molecule has 176 valence electrons. The number of thioether (sulfide) groups is 1. The standard InChI is InChI=1S/C27H24N4O3S/c1-19(32)21-10-12-23(13-11-21)30-25(33)18-35-27-28-14-15-31(27)24-9-5-8-22(16-24)26(34)29-17-20-6-3-2-4-7-20/h2-16H,17-18H2,1H3,(H,29,34)(H,30,33). The van der Waals surface area contributed by atoms with Crippen LogP contribution in [0.15, 0.2) is 96.4 Å². The molecule has 0 fully saturated rings. The molecule has 1 heterocycles. The van der Waals surface area contributed by atoms with E-state index < -0.39 is 0 Å². The van der Waals surface area contributed by atoms with Gasteiger partial charge in [0.2, 0.25) is 5.91 Å². The van der Waals surface area contributed by atoms with Crippen LogP contribution in [0.4, 0.5) is 5.69 Å². The van der Waals surface area contributed by atoms with Crippen molar-refractivity contribution < 1.29 is 14.4 Å². The van der Waals surface area contributed by atoms with Gasteiger partial charge in [-0.05, 0) is 55.0 Å². The lowest BCUT2D eigenvalue weighted by Crippen LogP contribution is -2.22. The van der Waals surface area contributed by atoms with Crippen LogP contribution in [-0.2, 0) is 11.3 Å². The number of aromatic nitrogens is 2. The maximum absolute atomic E-state index is 12.7. The van der Waals surface area contributed by atoms with E-state index in [-0.39, 0.29) is 23.4 Å². The monoisotopic (exact) mass is 484 g/mol. The van der Waals surface area contributed by atoms with E-state index in [0.29, 0.717) is 28.5 Å². The van der Waals surface area contributed by atoms with Gasteiger partial charge in [-0.1, -0.05) is 48.2 Å². The third kappa shape index (κ3) is 6.45. The first-order chi connectivity index (χ1) is 17.0. The second-order valence-electron chi connectivity index (χ2n) is 7.77. The first kappa shape index (κ1) is 24.0. The van der Waals surface area contributed by atoms with E-state index >= 15 is 0 Å². The molecule has 2 amide bonds. The zero-order valence-electron chi connectivity index (χ0n) is 19.1. The zero-order chi connectivity index (χ0) is 24.6. The van der Waals surface area contributed by atoms with E-state index in [1.54, 1.807) is 48.8 Å². The van der Waals surface area contributed by atoms with Crippen LogP contribution in [0.1, 0.15) is 33.2 Å². The second kappa shape index (κ2) is 11.3. The third-order valence-electron chi connectivity index (χ3n) is 5.20. The Morgan fingerprint density at radius 1 is 0.914 bits per heavy atom. The molecule has 35 heavy (non-hydrogen) atoms. The highest BCUT2D eigenvalue weighted by Gasteiger charge is 2.12. The van der Waals surface area contributed by atoms with Crippen LogP contribution in [0.2, 0.25) is 0 Å². The Kier molecular flexibility index (Phi) is 7.74. The van der Waals surface area contributed by atoms with Gasteiger partial charge in [0.05, 0.1) is 5.75 Å². The van der Waals surface area contributed by atoms with E-state index in [4.69, 9.17) is 0 Å². The lowest BCUT2D eigenvalue weighted by molar-refractivity contribution is -0.113. The highest BCUT2D eigenvalue weighted by atomic mass is 32.2. The maximum Gasteiger partial charge on any atom is 0.251 e. The van der Waals surface area contributed by atoms with Crippen LogP contribution in [-0.4, -0.2) is 32.9 Å². The van der Waals surface area contributed by atoms with Gasteiger partial charge < -0.3 is 10.6 Å². The fraction of sp³-hybridized carbons (Fsp3) is 0.111. The van der Waals surface area contributed by atoms with Crippen molar-refractivity contribution in [3.63, 3.8) is 0 Å². The zero-order valence-corrected chi connectivity index (χ0v) is 19.9. The van der Waals surface area contributed by atoms with Gasteiger partial charge in [0, 0.05) is 41.4 Å². The number of nitrogens with one attached hydrogen (secondary N) is 2. The molecule has 8 heteroatoms. The number of amides is 2. The van der Waals surface area contributed by atoms with Crippen molar-refractivity contribution in [1.29, 1.82) is 0 Å². The Labute approximate surface area is 207 Å². The van der Waals surface area contributed by atoms with Crippen molar-refractivity contribution in [2.75, 3.05) is 11.1 Å². The van der Waals surface area contributed by atoms with Crippen LogP contribution in [0, 0.1) is 0 Å². The van der Waals surface area contributed by atoms with Crippen molar-refractivity contribution in [3.05, 3.63) is 108 Å². The first-order valence-corrected chi connectivity index (χ1v) is 12.0. The van der Waals surface area contributed by atoms with Gasteiger partial charge in [0.1, 0.15) is 0 Å². The largest absolute Gasteiger partial charge is 0.348 e. The summed E-state index contributed by atoms with van der Waals surface area (Å²) in [6.45, 7) is 1.95. The highest BCUT2D eigenvalue weighted by Crippen LogP contribution is 2.22. The second-order valence-corrected chi connectivity index (χ2v) is 8.71. The maximum atomic E-state index is 12.7. The molecule has 7 nitrogen and oxygen atoms in total. The topological polar surface area (TPSA) is 93.1 Å². The van der Waals surface area contributed by atoms with Gasteiger partial charge in [-0.25, -0.2) is 4.98 Å². The minimum atomic E-state index is -0.186. The minimum Gasteiger partial charge on any atom is -0.348 e. The van der Waals surface area contributed by atoms with Gasteiger partial charge in [0.15, 0.2) is 10.9 Å².